The molecule has 0 aliphatic carbocycles. The Balaban J connectivity index is 1.99. The summed E-state index contributed by atoms with van der Waals surface area (Å²) in [5, 5.41) is 5.93. The number of benzene rings is 2. The molecule has 0 fully saturated rings. The van der Waals surface area contributed by atoms with Gasteiger partial charge in [0.15, 0.2) is 5.11 Å². The third-order valence-corrected chi connectivity index (χ3v) is 4.52. The van der Waals surface area contributed by atoms with Crippen LogP contribution in [0.3, 0.4) is 0 Å². The van der Waals surface area contributed by atoms with Crippen LogP contribution < -0.4 is 20.1 Å². The van der Waals surface area contributed by atoms with Crippen LogP contribution in [0.25, 0.3) is 0 Å². The lowest BCUT2D eigenvalue weighted by Gasteiger charge is -2.15. The minimum atomic E-state index is -0.306. The van der Waals surface area contributed by atoms with Gasteiger partial charge in [-0.3, -0.25) is 10.1 Å². The van der Waals surface area contributed by atoms with Crippen molar-refractivity contribution in [2.45, 2.75) is 27.7 Å². The van der Waals surface area contributed by atoms with Crippen LogP contribution in [0, 0.1) is 11.8 Å². The zero-order valence-corrected chi connectivity index (χ0v) is 19.5. The standard InChI is InChI=1S/C22H27BrN2O3S/c1-14(2)12-27-19-10-9-16(11-17(19)23)21(26)25-22(29)24-18-7-5-6-8-20(18)28-13-15(3)4/h5-11,14-15H,12-13H2,1-4H3,(H2,24,25,26,29). The normalized spacial score (nSPS) is 10.7. The first kappa shape index (κ1) is 23.2. The predicted molar refractivity (Wildman–Crippen MR) is 125 cm³/mol. The van der Waals surface area contributed by atoms with Gasteiger partial charge < -0.3 is 14.8 Å². The molecule has 0 aliphatic heterocycles. The van der Waals surface area contributed by atoms with E-state index < -0.39 is 0 Å². The minimum absolute atomic E-state index is 0.201. The molecular weight excluding hydrogens is 452 g/mol. The Morgan fingerprint density at radius 1 is 1.00 bits per heavy atom. The Morgan fingerprint density at radius 3 is 2.24 bits per heavy atom. The molecule has 2 rings (SSSR count). The summed E-state index contributed by atoms with van der Waals surface area (Å²) in [5.41, 5.74) is 1.18. The zero-order valence-electron chi connectivity index (χ0n) is 17.1. The molecule has 0 heterocycles. The molecular formula is C22H27BrN2O3S. The monoisotopic (exact) mass is 478 g/mol. The van der Waals surface area contributed by atoms with E-state index in [9.17, 15) is 4.79 Å². The van der Waals surface area contributed by atoms with E-state index in [2.05, 4.69) is 54.3 Å². The van der Waals surface area contributed by atoms with Crippen LogP contribution in [0.4, 0.5) is 5.69 Å². The van der Waals surface area contributed by atoms with Gasteiger partial charge in [0.25, 0.3) is 5.91 Å². The van der Waals surface area contributed by atoms with E-state index in [1.807, 2.05) is 24.3 Å². The second kappa shape index (κ2) is 11.2. The molecule has 5 nitrogen and oxygen atoms in total. The van der Waals surface area contributed by atoms with Crippen molar-refractivity contribution < 1.29 is 14.3 Å². The van der Waals surface area contributed by atoms with Crippen molar-refractivity contribution in [1.82, 2.24) is 5.32 Å². The number of anilines is 1. The number of halogens is 1. The SMILES string of the molecule is CC(C)COc1ccc(C(=O)NC(=S)Nc2ccccc2OCC(C)C)cc1Br. The number of rotatable bonds is 8. The smallest absolute Gasteiger partial charge is 0.257 e. The molecule has 0 bridgehead atoms. The van der Waals surface area contributed by atoms with Crippen molar-refractivity contribution in [2.75, 3.05) is 18.5 Å². The number of thiocarbonyl (C=S) groups is 1. The van der Waals surface area contributed by atoms with Gasteiger partial charge in [-0.25, -0.2) is 0 Å². The van der Waals surface area contributed by atoms with Crippen LogP contribution in [0.1, 0.15) is 38.1 Å². The Morgan fingerprint density at radius 2 is 1.62 bits per heavy atom. The Bertz CT molecular complexity index is 856. The summed E-state index contributed by atoms with van der Waals surface area (Å²) in [6.45, 7) is 9.52. The Hall–Kier alpha value is -2.12. The summed E-state index contributed by atoms with van der Waals surface area (Å²) in [6, 6.07) is 12.7. The Labute approximate surface area is 186 Å². The van der Waals surface area contributed by atoms with Gasteiger partial charge in [-0.2, -0.15) is 0 Å². The topological polar surface area (TPSA) is 59.6 Å². The number of amides is 1. The van der Waals surface area contributed by atoms with Crippen molar-refractivity contribution in [1.29, 1.82) is 0 Å². The van der Waals surface area contributed by atoms with Gasteiger partial charge in [-0.05, 0) is 70.3 Å². The number of hydrogen-bond donors (Lipinski definition) is 2. The lowest BCUT2D eigenvalue weighted by molar-refractivity contribution is 0.0977. The number of ether oxygens (including phenoxy) is 2. The Kier molecular flexibility index (Phi) is 8.92. The fourth-order valence-electron chi connectivity index (χ4n) is 2.30. The van der Waals surface area contributed by atoms with E-state index in [-0.39, 0.29) is 11.0 Å². The summed E-state index contributed by atoms with van der Waals surface area (Å²) in [6.07, 6.45) is 0. The fourth-order valence-corrected chi connectivity index (χ4v) is 2.99. The molecule has 1 amide bonds. The quantitative estimate of drug-likeness (QED) is 0.480. The first-order valence-electron chi connectivity index (χ1n) is 9.52. The van der Waals surface area contributed by atoms with E-state index in [4.69, 9.17) is 21.7 Å². The predicted octanol–water partition coefficient (Wildman–Crippen LogP) is 5.65. The minimum Gasteiger partial charge on any atom is -0.492 e. The molecule has 0 saturated carbocycles. The van der Waals surface area contributed by atoms with E-state index in [1.165, 1.54) is 0 Å². The number of nitrogens with one attached hydrogen (secondary N) is 2. The highest BCUT2D eigenvalue weighted by atomic mass is 79.9. The van der Waals surface area contributed by atoms with Crippen LogP contribution in [-0.4, -0.2) is 24.2 Å². The van der Waals surface area contributed by atoms with Gasteiger partial charge in [0.1, 0.15) is 11.5 Å². The van der Waals surface area contributed by atoms with Gasteiger partial charge in [0, 0.05) is 5.56 Å². The van der Waals surface area contributed by atoms with Gasteiger partial charge in [-0.15, -0.1) is 0 Å². The lowest BCUT2D eigenvalue weighted by atomic mass is 10.2. The third-order valence-electron chi connectivity index (χ3n) is 3.70. The van der Waals surface area contributed by atoms with Crippen molar-refractivity contribution in [3.63, 3.8) is 0 Å². The van der Waals surface area contributed by atoms with E-state index in [1.54, 1.807) is 18.2 Å². The van der Waals surface area contributed by atoms with Gasteiger partial charge in [0.2, 0.25) is 0 Å². The summed E-state index contributed by atoms with van der Waals surface area (Å²) in [4.78, 5) is 12.5. The summed E-state index contributed by atoms with van der Waals surface area (Å²) < 4.78 is 12.2. The highest BCUT2D eigenvalue weighted by molar-refractivity contribution is 9.10. The van der Waals surface area contributed by atoms with Crippen LogP contribution in [-0.2, 0) is 0 Å². The number of carbonyl (C=O) groups is 1. The maximum atomic E-state index is 12.5. The molecule has 0 aliphatic rings. The first-order chi connectivity index (χ1) is 13.8. The molecule has 2 aromatic carbocycles. The fraction of sp³-hybridized carbons (Fsp3) is 0.364. The second-order valence-corrected chi connectivity index (χ2v) is 8.72. The molecule has 0 atom stereocenters. The van der Waals surface area contributed by atoms with Gasteiger partial charge >= 0.3 is 0 Å². The summed E-state index contributed by atoms with van der Waals surface area (Å²) >= 11 is 8.76. The molecule has 29 heavy (non-hydrogen) atoms. The first-order valence-corrected chi connectivity index (χ1v) is 10.7. The van der Waals surface area contributed by atoms with Crippen LogP contribution >= 0.6 is 28.1 Å². The molecule has 0 radical (unpaired) electrons. The molecule has 0 unspecified atom stereocenters. The van der Waals surface area contributed by atoms with Gasteiger partial charge in [0.05, 0.1) is 23.4 Å². The van der Waals surface area contributed by atoms with E-state index in [0.29, 0.717) is 47.8 Å². The number of carbonyl (C=O) groups excluding carboxylic acids is 1. The average molecular weight is 479 g/mol. The van der Waals surface area contributed by atoms with Crippen molar-refractivity contribution >= 4 is 44.9 Å². The summed E-state index contributed by atoms with van der Waals surface area (Å²) in [7, 11) is 0. The molecule has 7 heteroatoms. The lowest BCUT2D eigenvalue weighted by Crippen LogP contribution is -2.34. The van der Waals surface area contributed by atoms with Crippen molar-refractivity contribution in [3.05, 3.63) is 52.5 Å². The highest BCUT2D eigenvalue weighted by Crippen LogP contribution is 2.27. The third kappa shape index (κ3) is 7.66. The average Bonchev–Trinajstić information content (AvgIpc) is 2.66. The molecule has 2 aromatic rings. The number of hydrogen-bond acceptors (Lipinski definition) is 4. The zero-order chi connectivity index (χ0) is 21.4. The second-order valence-electron chi connectivity index (χ2n) is 7.46. The van der Waals surface area contributed by atoms with Crippen LogP contribution in [0.2, 0.25) is 0 Å². The van der Waals surface area contributed by atoms with E-state index >= 15 is 0 Å². The summed E-state index contributed by atoms with van der Waals surface area (Å²) in [5.74, 6) is 1.90. The van der Waals surface area contributed by atoms with Crippen LogP contribution in [0.15, 0.2) is 46.9 Å². The van der Waals surface area contributed by atoms with E-state index in [0.717, 1.165) is 4.47 Å². The van der Waals surface area contributed by atoms with Crippen molar-refractivity contribution in [2.24, 2.45) is 11.8 Å². The maximum Gasteiger partial charge on any atom is 0.257 e. The van der Waals surface area contributed by atoms with Gasteiger partial charge in [-0.1, -0.05) is 39.8 Å². The highest BCUT2D eigenvalue weighted by Gasteiger charge is 2.13. The molecule has 2 N–H and O–H groups in total. The molecule has 0 saturated heterocycles. The van der Waals surface area contributed by atoms with Crippen molar-refractivity contribution in [3.8, 4) is 11.5 Å². The maximum absolute atomic E-state index is 12.5. The number of para-hydroxylation sites is 2. The van der Waals surface area contributed by atoms with Crippen LogP contribution in [0.5, 0.6) is 11.5 Å². The molecule has 0 spiro atoms. The largest absolute Gasteiger partial charge is 0.492 e. The molecule has 156 valence electrons. The molecule has 0 aromatic heterocycles.